The average molecular weight is 301 g/mol. The molecule has 1 aromatic heterocycles. The van der Waals surface area contributed by atoms with Crippen LogP contribution in [0.5, 0.6) is 0 Å². The molecule has 20 heavy (non-hydrogen) atoms. The number of carbonyl (C=O) groups excluding carboxylic acids is 2. The summed E-state index contributed by atoms with van der Waals surface area (Å²) in [4.78, 5) is 28.2. The van der Waals surface area contributed by atoms with Crippen molar-refractivity contribution in [2.24, 2.45) is 0 Å². The van der Waals surface area contributed by atoms with Crippen LogP contribution in [0.15, 0.2) is 47.4 Å². The van der Waals surface area contributed by atoms with Crippen LogP contribution in [0.25, 0.3) is 6.08 Å². The number of thioether (sulfide) groups is 1. The number of hydrogen-bond acceptors (Lipinski definition) is 4. The van der Waals surface area contributed by atoms with E-state index in [0.29, 0.717) is 10.6 Å². The number of hydrogen-bond donors (Lipinski definition) is 0. The predicted molar refractivity (Wildman–Crippen MR) is 83.9 cm³/mol. The quantitative estimate of drug-likeness (QED) is 0.776. The number of thiophene rings is 1. The molecule has 2 aromatic rings. The number of rotatable bonds is 2. The van der Waals surface area contributed by atoms with Gasteiger partial charge in [0.25, 0.3) is 11.1 Å². The summed E-state index contributed by atoms with van der Waals surface area (Å²) in [6, 6.07) is 12.9. The largest absolute Gasteiger partial charge is 0.298 e. The Balaban J connectivity index is 1.93. The van der Waals surface area contributed by atoms with Gasteiger partial charge in [0.15, 0.2) is 0 Å². The SMILES string of the molecule is Cc1ccc(/C=C2/SC(=O)N(c3ccccc3)C2=O)s1. The summed E-state index contributed by atoms with van der Waals surface area (Å²) >= 11 is 2.59. The Morgan fingerprint density at radius 2 is 1.80 bits per heavy atom. The zero-order valence-corrected chi connectivity index (χ0v) is 12.3. The lowest BCUT2D eigenvalue weighted by molar-refractivity contribution is -0.113. The van der Waals surface area contributed by atoms with Gasteiger partial charge in [-0.1, -0.05) is 18.2 Å². The molecule has 3 rings (SSSR count). The van der Waals surface area contributed by atoms with Gasteiger partial charge in [-0.15, -0.1) is 11.3 Å². The van der Waals surface area contributed by atoms with Gasteiger partial charge < -0.3 is 0 Å². The standard InChI is InChI=1S/C15H11NO2S2/c1-10-7-8-12(19-10)9-13-14(17)16(15(18)20-13)11-5-3-2-4-6-11/h2-9H,1H3/b13-9+. The number of aryl methyl sites for hydroxylation is 1. The van der Waals surface area contributed by atoms with Crippen molar-refractivity contribution in [3.8, 4) is 0 Å². The van der Waals surface area contributed by atoms with Gasteiger partial charge in [0.1, 0.15) is 0 Å². The molecule has 0 saturated carbocycles. The zero-order chi connectivity index (χ0) is 14.1. The number of carbonyl (C=O) groups is 2. The number of benzene rings is 1. The van der Waals surface area contributed by atoms with Crippen molar-refractivity contribution in [2.45, 2.75) is 6.92 Å². The van der Waals surface area contributed by atoms with Gasteiger partial charge in [0.2, 0.25) is 0 Å². The third kappa shape index (κ3) is 2.42. The number of amides is 2. The van der Waals surface area contributed by atoms with Gasteiger partial charge in [-0.3, -0.25) is 9.59 Å². The van der Waals surface area contributed by atoms with E-state index in [4.69, 9.17) is 0 Å². The molecule has 1 aliphatic rings. The van der Waals surface area contributed by atoms with Gasteiger partial charge in [0, 0.05) is 9.75 Å². The summed E-state index contributed by atoms with van der Waals surface area (Å²) in [7, 11) is 0. The van der Waals surface area contributed by atoms with Crippen LogP contribution in [-0.4, -0.2) is 11.1 Å². The number of nitrogens with zero attached hydrogens (tertiary/aromatic N) is 1. The van der Waals surface area contributed by atoms with Crippen LogP contribution in [0.4, 0.5) is 10.5 Å². The van der Waals surface area contributed by atoms with Crippen LogP contribution >= 0.6 is 23.1 Å². The lowest BCUT2D eigenvalue weighted by atomic mass is 10.3. The molecule has 0 unspecified atom stereocenters. The van der Waals surface area contributed by atoms with Crippen LogP contribution in [0.2, 0.25) is 0 Å². The van der Waals surface area contributed by atoms with E-state index in [1.165, 1.54) is 9.78 Å². The van der Waals surface area contributed by atoms with Crippen molar-refractivity contribution in [3.05, 3.63) is 57.1 Å². The Morgan fingerprint density at radius 3 is 2.45 bits per heavy atom. The Bertz CT molecular complexity index is 704. The van der Waals surface area contributed by atoms with E-state index in [1.807, 2.05) is 37.3 Å². The summed E-state index contributed by atoms with van der Waals surface area (Å²) < 4.78 is 0. The Hall–Kier alpha value is -1.85. The Kier molecular flexibility index (Phi) is 3.46. The smallest absolute Gasteiger partial charge is 0.268 e. The first kappa shape index (κ1) is 13.1. The maximum atomic E-state index is 12.3. The van der Waals surface area contributed by atoms with Crippen molar-refractivity contribution in [1.82, 2.24) is 0 Å². The zero-order valence-electron chi connectivity index (χ0n) is 10.7. The molecule has 1 aromatic carbocycles. The van der Waals surface area contributed by atoms with Crippen LogP contribution in [0, 0.1) is 6.92 Å². The first-order valence-electron chi connectivity index (χ1n) is 6.04. The molecule has 3 nitrogen and oxygen atoms in total. The summed E-state index contributed by atoms with van der Waals surface area (Å²) in [6.07, 6.45) is 1.78. The highest BCUT2D eigenvalue weighted by Crippen LogP contribution is 2.36. The van der Waals surface area contributed by atoms with Crippen LogP contribution < -0.4 is 4.90 Å². The molecule has 1 saturated heterocycles. The molecule has 0 spiro atoms. The maximum absolute atomic E-state index is 12.3. The van der Waals surface area contributed by atoms with Crippen molar-refractivity contribution in [3.63, 3.8) is 0 Å². The van der Waals surface area contributed by atoms with Gasteiger partial charge in [-0.2, -0.15) is 0 Å². The number of anilines is 1. The van der Waals surface area contributed by atoms with E-state index >= 15 is 0 Å². The highest BCUT2D eigenvalue weighted by atomic mass is 32.2. The molecule has 0 bridgehead atoms. The fourth-order valence-electron chi connectivity index (χ4n) is 1.93. The molecule has 2 heterocycles. The van der Waals surface area contributed by atoms with Crippen LogP contribution in [-0.2, 0) is 4.79 Å². The molecule has 1 fully saturated rings. The van der Waals surface area contributed by atoms with E-state index in [1.54, 1.807) is 29.5 Å². The lowest BCUT2D eigenvalue weighted by Crippen LogP contribution is -2.27. The van der Waals surface area contributed by atoms with Crippen LogP contribution in [0.3, 0.4) is 0 Å². The molecule has 5 heteroatoms. The molecule has 0 aliphatic carbocycles. The van der Waals surface area contributed by atoms with E-state index in [0.717, 1.165) is 16.6 Å². The van der Waals surface area contributed by atoms with E-state index in [-0.39, 0.29) is 11.1 Å². The second-order valence-corrected chi connectivity index (χ2v) is 6.61. The molecule has 1 aliphatic heterocycles. The Labute approximate surface area is 124 Å². The molecule has 0 N–H and O–H groups in total. The monoisotopic (exact) mass is 301 g/mol. The summed E-state index contributed by atoms with van der Waals surface area (Å²) in [6.45, 7) is 2.01. The topological polar surface area (TPSA) is 37.4 Å². The van der Waals surface area contributed by atoms with Gasteiger partial charge in [-0.05, 0) is 49.0 Å². The number of para-hydroxylation sites is 1. The Morgan fingerprint density at radius 1 is 1.05 bits per heavy atom. The molecule has 100 valence electrons. The lowest BCUT2D eigenvalue weighted by Gasteiger charge is -2.11. The molecular weight excluding hydrogens is 290 g/mol. The van der Waals surface area contributed by atoms with E-state index < -0.39 is 0 Å². The van der Waals surface area contributed by atoms with Crippen molar-refractivity contribution < 1.29 is 9.59 Å². The van der Waals surface area contributed by atoms with Gasteiger partial charge in [0.05, 0.1) is 10.6 Å². The highest BCUT2D eigenvalue weighted by molar-refractivity contribution is 8.19. The van der Waals surface area contributed by atoms with E-state index in [2.05, 4.69) is 0 Å². The highest BCUT2D eigenvalue weighted by Gasteiger charge is 2.36. The second kappa shape index (κ2) is 5.26. The number of imide groups is 1. The minimum absolute atomic E-state index is 0.249. The molecule has 0 atom stereocenters. The predicted octanol–water partition coefficient (Wildman–Crippen LogP) is 4.30. The fraction of sp³-hybridized carbons (Fsp3) is 0.0667. The van der Waals surface area contributed by atoms with Crippen molar-refractivity contribution in [1.29, 1.82) is 0 Å². The summed E-state index contributed by atoms with van der Waals surface area (Å²) in [5.41, 5.74) is 0.612. The fourth-order valence-corrected chi connectivity index (χ4v) is 3.66. The molecule has 2 amide bonds. The summed E-state index contributed by atoms with van der Waals surface area (Å²) in [5, 5.41) is -0.249. The van der Waals surface area contributed by atoms with Crippen molar-refractivity contribution in [2.75, 3.05) is 4.90 Å². The minimum Gasteiger partial charge on any atom is -0.268 e. The summed E-state index contributed by atoms with van der Waals surface area (Å²) in [5.74, 6) is -0.253. The van der Waals surface area contributed by atoms with Crippen LogP contribution in [0.1, 0.15) is 9.75 Å². The maximum Gasteiger partial charge on any atom is 0.298 e. The van der Waals surface area contributed by atoms with Gasteiger partial charge >= 0.3 is 0 Å². The normalized spacial score (nSPS) is 17.2. The van der Waals surface area contributed by atoms with E-state index in [9.17, 15) is 9.59 Å². The third-order valence-electron chi connectivity index (χ3n) is 2.84. The molecule has 0 radical (unpaired) electrons. The third-order valence-corrected chi connectivity index (χ3v) is 4.66. The first-order chi connectivity index (χ1) is 9.65. The second-order valence-electron chi connectivity index (χ2n) is 4.30. The molecular formula is C15H11NO2S2. The first-order valence-corrected chi connectivity index (χ1v) is 7.68. The van der Waals surface area contributed by atoms with Gasteiger partial charge in [-0.25, -0.2) is 4.90 Å². The average Bonchev–Trinajstić information content (AvgIpc) is 2.96. The minimum atomic E-state index is -0.253. The van der Waals surface area contributed by atoms with Crippen molar-refractivity contribution >= 4 is 46.0 Å².